The Balaban J connectivity index is 2.37. The molecule has 0 bridgehead atoms. The predicted molar refractivity (Wildman–Crippen MR) is 70.1 cm³/mol. The molecule has 3 nitrogen and oxygen atoms in total. The molecule has 1 heterocycles. The number of hydrogen-bond donors (Lipinski definition) is 2. The lowest BCUT2D eigenvalue weighted by Gasteiger charge is -2.10. The predicted octanol–water partition coefficient (Wildman–Crippen LogP) is 3.51. The lowest BCUT2D eigenvalue weighted by Crippen LogP contribution is -2.14. The monoisotopic (exact) mass is 299 g/mol. The fraction of sp³-hybridized carbons (Fsp3) is 0.417. The number of benzene rings is 1. The summed E-state index contributed by atoms with van der Waals surface area (Å²) < 4.78 is 13.8. The summed E-state index contributed by atoms with van der Waals surface area (Å²) in [5.41, 5.74) is 7.45. The number of nitrogens with two attached hydrogens (primary N) is 1. The number of hydrogen-bond acceptors (Lipinski definition) is 2. The number of rotatable bonds is 3. The maximum Gasteiger partial charge on any atom is 0.139 e. The van der Waals surface area contributed by atoms with Crippen LogP contribution >= 0.6 is 15.9 Å². The Bertz CT molecular complexity index is 497. The lowest BCUT2D eigenvalue weighted by molar-refractivity contribution is 0.496. The summed E-state index contributed by atoms with van der Waals surface area (Å²) in [7, 11) is 0. The van der Waals surface area contributed by atoms with Crippen LogP contribution < -0.4 is 5.73 Å². The van der Waals surface area contributed by atoms with Gasteiger partial charge in [-0.15, -0.1) is 0 Å². The van der Waals surface area contributed by atoms with Crippen LogP contribution in [-0.4, -0.2) is 9.97 Å². The normalized spacial score (nSPS) is 13.5. The van der Waals surface area contributed by atoms with E-state index in [1.54, 1.807) is 6.07 Å². The van der Waals surface area contributed by atoms with Gasteiger partial charge in [0.2, 0.25) is 0 Å². The maximum atomic E-state index is 13.3. The Kier molecular flexibility index (Phi) is 3.49. The van der Waals surface area contributed by atoms with Crippen molar-refractivity contribution in [1.82, 2.24) is 9.97 Å². The van der Waals surface area contributed by atoms with E-state index in [0.29, 0.717) is 21.7 Å². The number of fused-ring (bicyclic) bond motifs is 1. The minimum absolute atomic E-state index is 0.135. The Labute approximate surface area is 108 Å². The van der Waals surface area contributed by atoms with Gasteiger partial charge in [0, 0.05) is 6.07 Å². The summed E-state index contributed by atoms with van der Waals surface area (Å²) in [5, 5.41) is 0. The largest absolute Gasteiger partial charge is 0.341 e. The molecule has 1 aromatic heterocycles. The first-order valence-electron chi connectivity index (χ1n) is 5.57. The average molecular weight is 300 g/mol. The highest BCUT2D eigenvalue weighted by molar-refractivity contribution is 9.10. The molecule has 0 saturated heterocycles. The minimum atomic E-state index is -0.301. The number of nitrogens with one attached hydrogen (secondary N) is 1. The molecule has 17 heavy (non-hydrogen) atoms. The molecule has 0 saturated carbocycles. The molecular weight excluding hydrogens is 285 g/mol. The second-order valence-electron chi connectivity index (χ2n) is 4.64. The number of H-pyrrole nitrogens is 1. The van der Waals surface area contributed by atoms with Gasteiger partial charge in [0.05, 0.1) is 21.5 Å². The van der Waals surface area contributed by atoms with Crippen molar-refractivity contribution in [3.05, 3.63) is 28.2 Å². The molecule has 3 N–H and O–H groups in total. The molecule has 92 valence electrons. The van der Waals surface area contributed by atoms with E-state index in [4.69, 9.17) is 5.73 Å². The van der Waals surface area contributed by atoms with E-state index in [2.05, 4.69) is 39.7 Å². The van der Waals surface area contributed by atoms with Gasteiger partial charge in [-0.3, -0.25) is 0 Å². The molecule has 1 unspecified atom stereocenters. The third-order valence-electron chi connectivity index (χ3n) is 2.62. The van der Waals surface area contributed by atoms with Gasteiger partial charge in [0.1, 0.15) is 11.6 Å². The second kappa shape index (κ2) is 4.74. The average Bonchev–Trinajstić information content (AvgIpc) is 2.60. The van der Waals surface area contributed by atoms with E-state index in [9.17, 15) is 4.39 Å². The summed E-state index contributed by atoms with van der Waals surface area (Å²) >= 11 is 3.14. The molecule has 2 aromatic rings. The van der Waals surface area contributed by atoms with E-state index < -0.39 is 0 Å². The minimum Gasteiger partial charge on any atom is -0.341 e. The Hall–Kier alpha value is -0.940. The van der Waals surface area contributed by atoms with Crippen LogP contribution in [0.1, 0.15) is 32.1 Å². The van der Waals surface area contributed by atoms with Gasteiger partial charge in [0.25, 0.3) is 0 Å². The maximum absolute atomic E-state index is 13.3. The van der Waals surface area contributed by atoms with Crippen LogP contribution in [0.15, 0.2) is 16.6 Å². The number of aromatic nitrogens is 2. The van der Waals surface area contributed by atoms with Crippen molar-refractivity contribution in [1.29, 1.82) is 0 Å². The zero-order valence-corrected chi connectivity index (χ0v) is 11.4. The molecular formula is C12H15BrFN3. The van der Waals surface area contributed by atoms with E-state index in [1.807, 2.05) is 0 Å². The highest BCUT2D eigenvalue weighted by Gasteiger charge is 2.14. The standard InChI is InChI=1S/C12H15BrFN3/c1-6(2)3-9(15)12-16-10-4-7(13)8(14)5-11(10)17-12/h4-6,9H,3,15H2,1-2H3,(H,16,17). The Morgan fingerprint density at radius 1 is 1.47 bits per heavy atom. The zero-order chi connectivity index (χ0) is 12.6. The number of halogens is 2. The van der Waals surface area contributed by atoms with E-state index >= 15 is 0 Å². The Morgan fingerprint density at radius 2 is 2.18 bits per heavy atom. The summed E-state index contributed by atoms with van der Waals surface area (Å²) in [4.78, 5) is 7.46. The third kappa shape index (κ3) is 2.66. The number of aromatic amines is 1. The van der Waals surface area contributed by atoms with Gasteiger partial charge in [0.15, 0.2) is 0 Å². The molecule has 2 rings (SSSR count). The number of nitrogens with zero attached hydrogens (tertiary/aromatic N) is 1. The molecule has 1 aromatic carbocycles. The summed E-state index contributed by atoms with van der Waals surface area (Å²) in [5.74, 6) is 0.915. The SMILES string of the molecule is CC(C)CC(N)c1nc2cc(Br)c(F)cc2[nH]1. The smallest absolute Gasteiger partial charge is 0.139 e. The third-order valence-corrected chi connectivity index (χ3v) is 3.23. The molecule has 0 amide bonds. The van der Waals surface area contributed by atoms with Crippen LogP contribution in [0.3, 0.4) is 0 Å². The molecule has 0 fully saturated rings. The lowest BCUT2D eigenvalue weighted by atomic mass is 10.0. The summed E-state index contributed by atoms with van der Waals surface area (Å²) in [6.07, 6.45) is 0.851. The van der Waals surface area contributed by atoms with Crippen molar-refractivity contribution < 1.29 is 4.39 Å². The first kappa shape index (κ1) is 12.5. The van der Waals surface area contributed by atoms with Gasteiger partial charge < -0.3 is 10.7 Å². The van der Waals surface area contributed by atoms with E-state index in [-0.39, 0.29) is 11.9 Å². The van der Waals surface area contributed by atoms with E-state index in [0.717, 1.165) is 11.9 Å². The van der Waals surface area contributed by atoms with Crippen molar-refractivity contribution in [2.24, 2.45) is 11.7 Å². The highest BCUT2D eigenvalue weighted by Crippen LogP contribution is 2.24. The molecule has 0 aliphatic rings. The molecule has 0 radical (unpaired) electrons. The summed E-state index contributed by atoms with van der Waals surface area (Å²) in [6, 6.07) is 2.95. The van der Waals surface area contributed by atoms with Crippen LogP contribution in [0, 0.1) is 11.7 Å². The summed E-state index contributed by atoms with van der Waals surface area (Å²) in [6.45, 7) is 4.22. The number of imidazole rings is 1. The quantitative estimate of drug-likeness (QED) is 0.911. The molecule has 0 aliphatic carbocycles. The van der Waals surface area contributed by atoms with Crippen molar-refractivity contribution in [2.75, 3.05) is 0 Å². The van der Waals surface area contributed by atoms with E-state index in [1.165, 1.54) is 6.07 Å². The molecule has 0 aliphatic heterocycles. The van der Waals surface area contributed by atoms with Crippen LogP contribution in [0.2, 0.25) is 0 Å². The zero-order valence-electron chi connectivity index (χ0n) is 9.80. The molecule has 1 atom stereocenters. The van der Waals surface area contributed by atoms with Gasteiger partial charge in [-0.25, -0.2) is 9.37 Å². The highest BCUT2D eigenvalue weighted by atomic mass is 79.9. The van der Waals surface area contributed by atoms with Crippen LogP contribution in [-0.2, 0) is 0 Å². The van der Waals surface area contributed by atoms with Crippen LogP contribution in [0.4, 0.5) is 4.39 Å². The second-order valence-corrected chi connectivity index (χ2v) is 5.50. The first-order valence-corrected chi connectivity index (χ1v) is 6.37. The first-order chi connectivity index (χ1) is 7.97. The van der Waals surface area contributed by atoms with Crippen molar-refractivity contribution in [3.63, 3.8) is 0 Å². The fourth-order valence-corrected chi connectivity index (χ4v) is 2.15. The van der Waals surface area contributed by atoms with Crippen LogP contribution in [0.25, 0.3) is 11.0 Å². The van der Waals surface area contributed by atoms with Crippen LogP contribution in [0.5, 0.6) is 0 Å². The van der Waals surface area contributed by atoms with Gasteiger partial charge in [-0.1, -0.05) is 13.8 Å². The molecule has 0 spiro atoms. The topological polar surface area (TPSA) is 54.7 Å². The van der Waals surface area contributed by atoms with Crippen molar-refractivity contribution in [3.8, 4) is 0 Å². The van der Waals surface area contributed by atoms with Crippen molar-refractivity contribution in [2.45, 2.75) is 26.3 Å². The molecule has 5 heteroatoms. The van der Waals surface area contributed by atoms with Gasteiger partial charge in [-0.05, 0) is 34.3 Å². The van der Waals surface area contributed by atoms with Gasteiger partial charge in [-0.2, -0.15) is 0 Å². The Morgan fingerprint density at radius 3 is 2.82 bits per heavy atom. The fourth-order valence-electron chi connectivity index (χ4n) is 1.82. The van der Waals surface area contributed by atoms with Crippen molar-refractivity contribution >= 4 is 27.0 Å². The van der Waals surface area contributed by atoms with Gasteiger partial charge >= 0.3 is 0 Å².